The van der Waals surface area contributed by atoms with Crippen LogP contribution in [0.5, 0.6) is 11.5 Å². The minimum atomic E-state index is -4.02. The molecule has 0 heterocycles. The van der Waals surface area contributed by atoms with Gasteiger partial charge in [0.15, 0.2) is 6.10 Å². The molecular weight excluding hydrogens is 524 g/mol. The zero-order chi connectivity index (χ0) is 29.0. The number of benzene rings is 2. The predicted octanol–water partition coefficient (Wildman–Crippen LogP) is 1.61. The molecule has 2 aromatic rings. The second-order valence-corrected chi connectivity index (χ2v) is 11.0. The Morgan fingerprint density at radius 2 is 1.54 bits per heavy atom. The average molecular weight is 565 g/mol. The van der Waals surface area contributed by atoms with Gasteiger partial charge in [-0.05, 0) is 42.0 Å². The van der Waals surface area contributed by atoms with E-state index in [9.17, 15) is 23.1 Å². The first-order valence-electron chi connectivity index (χ1n) is 12.8. The van der Waals surface area contributed by atoms with E-state index in [1.165, 1.54) is 14.2 Å². The van der Waals surface area contributed by atoms with Gasteiger partial charge in [-0.25, -0.2) is 0 Å². The number of methoxy groups -OCH3 is 2. The van der Waals surface area contributed by atoms with Gasteiger partial charge in [0.05, 0.1) is 20.3 Å². The van der Waals surface area contributed by atoms with Gasteiger partial charge in [-0.3, -0.25) is 9.59 Å². The van der Waals surface area contributed by atoms with E-state index in [1.807, 2.05) is 19.9 Å². The number of ether oxygens (including phenoxy) is 2. The van der Waals surface area contributed by atoms with Crippen LogP contribution in [0.4, 0.5) is 0 Å². The van der Waals surface area contributed by atoms with Crippen molar-refractivity contribution in [1.29, 1.82) is 0 Å². The number of amides is 2. The van der Waals surface area contributed by atoms with Crippen LogP contribution < -0.4 is 29.6 Å². The van der Waals surface area contributed by atoms with E-state index in [0.717, 1.165) is 5.56 Å². The van der Waals surface area contributed by atoms with Crippen LogP contribution in [-0.2, 0) is 32.9 Å². The highest BCUT2D eigenvalue weighted by molar-refractivity contribution is 7.87. The van der Waals surface area contributed by atoms with Crippen LogP contribution in [0, 0.1) is 5.92 Å². The summed E-state index contributed by atoms with van der Waals surface area (Å²) in [4.78, 5) is 25.8. The van der Waals surface area contributed by atoms with E-state index in [4.69, 9.17) is 9.47 Å². The number of aliphatic hydroxyl groups is 1. The van der Waals surface area contributed by atoms with Crippen molar-refractivity contribution in [3.63, 3.8) is 0 Å². The molecule has 12 heteroatoms. The number of rotatable bonds is 16. The van der Waals surface area contributed by atoms with Gasteiger partial charge in [0.1, 0.15) is 17.5 Å². The zero-order valence-electron chi connectivity index (χ0n) is 23.1. The Hall–Kier alpha value is -3.19. The van der Waals surface area contributed by atoms with Crippen molar-refractivity contribution in [3.05, 3.63) is 59.7 Å². The maximum atomic E-state index is 13.1. The van der Waals surface area contributed by atoms with E-state index in [1.54, 1.807) is 49.4 Å². The van der Waals surface area contributed by atoms with Gasteiger partial charge in [0.2, 0.25) is 5.91 Å². The van der Waals surface area contributed by atoms with Crippen molar-refractivity contribution in [3.8, 4) is 11.5 Å². The van der Waals surface area contributed by atoms with Gasteiger partial charge < -0.3 is 25.2 Å². The number of nitrogens with one attached hydrogen (secondary N) is 4. The number of aliphatic hydroxyl groups excluding tert-OH is 1. The number of hydrogen-bond donors (Lipinski definition) is 5. The largest absolute Gasteiger partial charge is 0.497 e. The van der Waals surface area contributed by atoms with Crippen LogP contribution in [-0.4, -0.2) is 57.7 Å². The standard InChI is InChI=1S/C27H40N4O7S/c1-6-23(25(32)27(34)28-16-20-13-21(37-4)15-22(14-20)38-5)30-26(33)24(12-18(2)3)31-39(35,36)29-17-19-10-8-7-9-11-19/h7-11,13-15,18,23-25,29,31-32H,6,12,16-17H2,1-5H3,(H,28,34)(H,30,33)/t23?,24-,25?/m0/s1. The van der Waals surface area contributed by atoms with Crippen LogP contribution in [0.3, 0.4) is 0 Å². The number of hydrogen-bond acceptors (Lipinski definition) is 7. The monoisotopic (exact) mass is 564 g/mol. The first-order valence-corrected chi connectivity index (χ1v) is 14.2. The van der Waals surface area contributed by atoms with Crippen LogP contribution >= 0.6 is 0 Å². The molecule has 216 valence electrons. The Kier molecular flexibility index (Phi) is 12.7. The first-order chi connectivity index (χ1) is 18.5. The molecule has 2 unspecified atom stereocenters. The molecule has 0 fully saturated rings. The van der Waals surface area contributed by atoms with Gasteiger partial charge in [-0.2, -0.15) is 17.9 Å². The molecule has 0 spiro atoms. The lowest BCUT2D eigenvalue weighted by atomic mass is 10.0. The summed E-state index contributed by atoms with van der Waals surface area (Å²) in [5.74, 6) is -0.227. The highest BCUT2D eigenvalue weighted by atomic mass is 32.2. The number of carbonyl (C=O) groups is 2. The highest BCUT2D eigenvalue weighted by Crippen LogP contribution is 2.22. The molecule has 0 aromatic heterocycles. The first kappa shape index (κ1) is 32.0. The Morgan fingerprint density at radius 1 is 0.923 bits per heavy atom. The summed E-state index contributed by atoms with van der Waals surface area (Å²) in [6.07, 6.45) is -1.10. The summed E-state index contributed by atoms with van der Waals surface area (Å²) >= 11 is 0. The van der Waals surface area contributed by atoms with Crippen LogP contribution in [0.15, 0.2) is 48.5 Å². The lowest BCUT2D eigenvalue weighted by Gasteiger charge is -2.26. The van der Waals surface area contributed by atoms with Gasteiger partial charge >= 0.3 is 0 Å². The summed E-state index contributed by atoms with van der Waals surface area (Å²) < 4.78 is 40.7. The third kappa shape index (κ3) is 10.8. The molecule has 0 bridgehead atoms. The van der Waals surface area contributed by atoms with E-state index in [0.29, 0.717) is 17.1 Å². The Bertz CT molecular complexity index is 1150. The van der Waals surface area contributed by atoms with E-state index in [2.05, 4.69) is 20.1 Å². The van der Waals surface area contributed by atoms with Crippen molar-refractivity contribution < 1.29 is 32.6 Å². The van der Waals surface area contributed by atoms with Crippen molar-refractivity contribution in [2.75, 3.05) is 14.2 Å². The van der Waals surface area contributed by atoms with Crippen LogP contribution in [0.25, 0.3) is 0 Å². The third-order valence-corrected chi connectivity index (χ3v) is 7.04. The quantitative estimate of drug-likeness (QED) is 0.207. The second kappa shape index (κ2) is 15.4. The minimum absolute atomic E-state index is 0.00859. The summed E-state index contributed by atoms with van der Waals surface area (Å²) in [7, 11) is -0.992. The Morgan fingerprint density at radius 3 is 2.08 bits per heavy atom. The molecular formula is C27H40N4O7S. The summed E-state index contributed by atoms with van der Waals surface area (Å²) in [6, 6.07) is 12.1. The highest BCUT2D eigenvalue weighted by Gasteiger charge is 2.31. The maximum absolute atomic E-state index is 13.1. The summed E-state index contributed by atoms with van der Waals surface area (Å²) in [5.41, 5.74) is 1.46. The molecule has 11 nitrogen and oxygen atoms in total. The van der Waals surface area contributed by atoms with Crippen molar-refractivity contribution in [2.45, 2.75) is 64.9 Å². The summed E-state index contributed by atoms with van der Waals surface area (Å²) in [6.45, 7) is 5.58. The molecule has 2 aromatic carbocycles. The molecule has 0 radical (unpaired) electrons. The van der Waals surface area contributed by atoms with Crippen molar-refractivity contribution in [1.82, 2.24) is 20.1 Å². The predicted molar refractivity (Wildman–Crippen MR) is 148 cm³/mol. The topological polar surface area (TPSA) is 155 Å². The molecule has 0 saturated heterocycles. The fraction of sp³-hybridized carbons (Fsp3) is 0.481. The van der Waals surface area contributed by atoms with Gasteiger partial charge in [0.25, 0.3) is 16.1 Å². The van der Waals surface area contributed by atoms with Gasteiger partial charge in [-0.1, -0.05) is 51.1 Å². The lowest BCUT2D eigenvalue weighted by molar-refractivity contribution is -0.132. The van der Waals surface area contributed by atoms with E-state index < -0.39 is 40.2 Å². The molecule has 0 aliphatic heterocycles. The zero-order valence-corrected chi connectivity index (χ0v) is 23.9. The second-order valence-electron chi connectivity index (χ2n) is 9.52. The maximum Gasteiger partial charge on any atom is 0.277 e. The van der Waals surface area contributed by atoms with Crippen molar-refractivity contribution >= 4 is 22.0 Å². The van der Waals surface area contributed by atoms with Crippen LogP contribution in [0.1, 0.15) is 44.7 Å². The summed E-state index contributed by atoms with van der Waals surface area (Å²) in [5, 5.41) is 16.0. The fourth-order valence-corrected chi connectivity index (χ4v) is 4.83. The molecule has 3 atom stereocenters. The Labute approximate surface area is 230 Å². The average Bonchev–Trinajstić information content (AvgIpc) is 2.92. The van der Waals surface area contributed by atoms with Gasteiger partial charge in [-0.15, -0.1) is 0 Å². The molecule has 0 saturated carbocycles. The third-order valence-electron chi connectivity index (χ3n) is 5.93. The van der Waals surface area contributed by atoms with Crippen LogP contribution in [0.2, 0.25) is 0 Å². The fourth-order valence-electron chi connectivity index (χ4n) is 3.82. The molecule has 0 aliphatic rings. The number of carbonyl (C=O) groups excluding carboxylic acids is 2. The molecule has 5 N–H and O–H groups in total. The lowest BCUT2D eigenvalue weighted by Crippen LogP contribution is -2.56. The Balaban J connectivity index is 2.02. The molecule has 0 aliphatic carbocycles. The normalized spacial score (nSPS) is 13.8. The molecule has 2 rings (SSSR count). The minimum Gasteiger partial charge on any atom is -0.497 e. The van der Waals surface area contributed by atoms with E-state index >= 15 is 0 Å². The SMILES string of the molecule is CCC(NC(=O)[C@H](CC(C)C)NS(=O)(=O)NCc1ccccc1)C(O)C(=O)NCc1cc(OC)cc(OC)c1. The van der Waals surface area contributed by atoms with Gasteiger partial charge in [0, 0.05) is 19.2 Å². The molecule has 39 heavy (non-hydrogen) atoms. The van der Waals surface area contributed by atoms with E-state index in [-0.39, 0.29) is 31.8 Å². The smallest absolute Gasteiger partial charge is 0.277 e. The van der Waals surface area contributed by atoms with Crippen molar-refractivity contribution in [2.24, 2.45) is 5.92 Å². The molecule has 2 amide bonds.